The highest BCUT2D eigenvalue weighted by Gasteiger charge is 2.36. The summed E-state index contributed by atoms with van der Waals surface area (Å²) < 4.78 is 1.19. The van der Waals surface area contributed by atoms with Crippen LogP contribution in [0.25, 0.3) is 0 Å². The largest absolute Gasteiger partial charge is 0.326 e. The second-order valence-electron chi connectivity index (χ2n) is 5.42. The molecular formula is C14H21BrN2. The molecule has 1 saturated heterocycles. The van der Waals surface area contributed by atoms with Crippen LogP contribution in [0.2, 0.25) is 0 Å². The van der Waals surface area contributed by atoms with E-state index in [0.29, 0.717) is 0 Å². The predicted octanol–water partition coefficient (Wildman–Crippen LogP) is 3.15. The Hall–Kier alpha value is -0.380. The van der Waals surface area contributed by atoms with Crippen LogP contribution in [0.4, 0.5) is 0 Å². The normalized spacial score (nSPS) is 24.8. The molecule has 2 rings (SSSR count). The van der Waals surface area contributed by atoms with Gasteiger partial charge in [0.1, 0.15) is 0 Å². The monoisotopic (exact) mass is 296 g/mol. The van der Waals surface area contributed by atoms with Gasteiger partial charge in [0, 0.05) is 22.6 Å². The first-order chi connectivity index (χ1) is 8.01. The minimum Gasteiger partial charge on any atom is -0.326 e. The topological polar surface area (TPSA) is 29.3 Å². The number of benzene rings is 1. The fourth-order valence-corrected chi connectivity index (χ4v) is 2.90. The minimum absolute atomic E-state index is 0.0908. The number of hydrogen-bond donors (Lipinski definition) is 1. The smallest absolute Gasteiger partial charge is 0.0307 e. The van der Waals surface area contributed by atoms with Gasteiger partial charge in [0.15, 0.2) is 0 Å². The maximum Gasteiger partial charge on any atom is 0.0307 e. The Labute approximate surface area is 112 Å². The highest BCUT2D eigenvalue weighted by molar-refractivity contribution is 9.10. The Morgan fingerprint density at radius 2 is 2.12 bits per heavy atom. The van der Waals surface area contributed by atoms with Crippen LogP contribution < -0.4 is 5.73 Å². The fraction of sp³-hybridized carbons (Fsp3) is 0.571. The van der Waals surface area contributed by atoms with Crippen molar-refractivity contribution in [1.82, 2.24) is 4.90 Å². The van der Waals surface area contributed by atoms with Crippen molar-refractivity contribution in [2.45, 2.75) is 44.8 Å². The van der Waals surface area contributed by atoms with Crippen LogP contribution >= 0.6 is 15.9 Å². The summed E-state index contributed by atoms with van der Waals surface area (Å²) in [6.07, 6.45) is 2.34. The number of likely N-dealkylation sites (tertiary alicyclic amines) is 1. The summed E-state index contributed by atoms with van der Waals surface area (Å²) in [7, 11) is 0. The van der Waals surface area contributed by atoms with E-state index in [2.05, 4.69) is 58.9 Å². The standard InChI is InChI=1S/C14H21BrN2/c1-14(2)13(16)8-5-9-17(14)10-11-6-3-4-7-12(11)15/h3-4,6-7,13H,5,8-10,16H2,1-2H3. The van der Waals surface area contributed by atoms with E-state index >= 15 is 0 Å². The predicted molar refractivity (Wildman–Crippen MR) is 75.8 cm³/mol. The third-order valence-electron chi connectivity index (χ3n) is 3.98. The van der Waals surface area contributed by atoms with Crippen LogP contribution in [0.3, 0.4) is 0 Å². The van der Waals surface area contributed by atoms with Crippen molar-refractivity contribution in [1.29, 1.82) is 0 Å². The van der Waals surface area contributed by atoms with Gasteiger partial charge in [0.05, 0.1) is 0 Å². The van der Waals surface area contributed by atoms with E-state index in [1.165, 1.54) is 16.5 Å². The summed E-state index contributed by atoms with van der Waals surface area (Å²) in [6, 6.07) is 8.71. The van der Waals surface area contributed by atoms with E-state index in [4.69, 9.17) is 5.73 Å². The molecule has 0 bridgehead atoms. The SMILES string of the molecule is CC1(C)C(N)CCCN1Cc1ccccc1Br. The third kappa shape index (κ3) is 2.72. The van der Waals surface area contributed by atoms with E-state index in [0.717, 1.165) is 19.5 Å². The van der Waals surface area contributed by atoms with Crippen LogP contribution in [-0.2, 0) is 6.54 Å². The van der Waals surface area contributed by atoms with Crippen LogP contribution in [0.5, 0.6) is 0 Å². The number of nitrogens with two attached hydrogens (primary N) is 1. The van der Waals surface area contributed by atoms with Gasteiger partial charge in [-0.1, -0.05) is 34.1 Å². The van der Waals surface area contributed by atoms with Crippen molar-refractivity contribution < 1.29 is 0 Å². The van der Waals surface area contributed by atoms with Crippen molar-refractivity contribution in [2.24, 2.45) is 5.73 Å². The molecule has 3 heteroatoms. The number of nitrogens with zero attached hydrogens (tertiary/aromatic N) is 1. The molecule has 1 heterocycles. The first-order valence-corrected chi connectivity index (χ1v) is 7.05. The molecule has 0 saturated carbocycles. The van der Waals surface area contributed by atoms with E-state index in [9.17, 15) is 0 Å². The molecular weight excluding hydrogens is 276 g/mol. The second-order valence-corrected chi connectivity index (χ2v) is 6.27. The molecule has 1 aromatic rings. The number of rotatable bonds is 2. The molecule has 0 aliphatic carbocycles. The number of halogens is 1. The van der Waals surface area contributed by atoms with Gasteiger partial charge >= 0.3 is 0 Å². The molecule has 1 atom stereocenters. The van der Waals surface area contributed by atoms with E-state index in [-0.39, 0.29) is 11.6 Å². The summed E-state index contributed by atoms with van der Waals surface area (Å²) in [5.74, 6) is 0. The minimum atomic E-state index is 0.0908. The van der Waals surface area contributed by atoms with E-state index in [1.54, 1.807) is 0 Å². The zero-order valence-corrected chi connectivity index (χ0v) is 12.2. The Morgan fingerprint density at radius 3 is 2.82 bits per heavy atom. The number of hydrogen-bond acceptors (Lipinski definition) is 2. The van der Waals surface area contributed by atoms with Gasteiger partial charge in [-0.25, -0.2) is 0 Å². The molecule has 1 aromatic carbocycles. The molecule has 0 amide bonds. The zero-order chi connectivity index (χ0) is 12.5. The van der Waals surface area contributed by atoms with Gasteiger partial charge in [-0.15, -0.1) is 0 Å². The molecule has 2 N–H and O–H groups in total. The molecule has 1 aliphatic heterocycles. The molecule has 0 aromatic heterocycles. The first kappa shape index (κ1) is 13.1. The van der Waals surface area contributed by atoms with Crippen molar-refractivity contribution in [2.75, 3.05) is 6.54 Å². The molecule has 1 unspecified atom stereocenters. The van der Waals surface area contributed by atoms with Gasteiger partial charge in [-0.3, -0.25) is 4.90 Å². The second kappa shape index (κ2) is 5.09. The quantitative estimate of drug-likeness (QED) is 0.908. The first-order valence-electron chi connectivity index (χ1n) is 6.26. The van der Waals surface area contributed by atoms with Crippen LogP contribution in [0.15, 0.2) is 28.7 Å². The Kier molecular flexibility index (Phi) is 3.91. The lowest BCUT2D eigenvalue weighted by Crippen LogP contribution is -2.59. The average Bonchev–Trinajstić information content (AvgIpc) is 2.28. The van der Waals surface area contributed by atoms with Gasteiger partial charge < -0.3 is 5.73 Å². The van der Waals surface area contributed by atoms with Gasteiger partial charge in [0.25, 0.3) is 0 Å². The zero-order valence-electron chi connectivity index (χ0n) is 10.6. The summed E-state index contributed by atoms with van der Waals surface area (Å²) in [5.41, 5.74) is 7.67. The van der Waals surface area contributed by atoms with Gasteiger partial charge in [-0.05, 0) is 44.9 Å². The average molecular weight is 297 g/mol. The molecule has 1 fully saturated rings. The molecule has 1 aliphatic rings. The van der Waals surface area contributed by atoms with Crippen molar-refractivity contribution in [3.8, 4) is 0 Å². The summed E-state index contributed by atoms with van der Waals surface area (Å²) in [5, 5.41) is 0. The van der Waals surface area contributed by atoms with Gasteiger partial charge in [-0.2, -0.15) is 0 Å². The highest BCUT2D eigenvalue weighted by atomic mass is 79.9. The van der Waals surface area contributed by atoms with E-state index in [1.807, 2.05) is 0 Å². The van der Waals surface area contributed by atoms with Crippen LogP contribution in [0.1, 0.15) is 32.3 Å². The lowest BCUT2D eigenvalue weighted by atomic mass is 9.85. The maximum atomic E-state index is 6.24. The van der Waals surface area contributed by atoms with Gasteiger partial charge in [0.2, 0.25) is 0 Å². The molecule has 2 nitrogen and oxygen atoms in total. The third-order valence-corrected chi connectivity index (χ3v) is 4.76. The number of piperidine rings is 1. The Morgan fingerprint density at radius 1 is 1.41 bits per heavy atom. The lowest BCUT2D eigenvalue weighted by Gasteiger charge is -2.46. The van der Waals surface area contributed by atoms with Crippen LogP contribution in [0, 0.1) is 0 Å². The van der Waals surface area contributed by atoms with Crippen LogP contribution in [-0.4, -0.2) is 23.0 Å². The Bertz CT molecular complexity index is 390. The van der Waals surface area contributed by atoms with E-state index < -0.39 is 0 Å². The summed E-state index contributed by atoms with van der Waals surface area (Å²) in [4.78, 5) is 2.50. The summed E-state index contributed by atoms with van der Waals surface area (Å²) >= 11 is 3.62. The lowest BCUT2D eigenvalue weighted by molar-refractivity contribution is 0.0500. The van der Waals surface area contributed by atoms with Crippen molar-refractivity contribution in [3.63, 3.8) is 0 Å². The summed E-state index contributed by atoms with van der Waals surface area (Å²) in [6.45, 7) is 6.63. The molecule has 94 valence electrons. The molecule has 0 radical (unpaired) electrons. The molecule has 17 heavy (non-hydrogen) atoms. The van der Waals surface area contributed by atoms with Crippen molar-refractivity contribution in [3.05, 3.63) is 34.3 Å². The maximum absolute atomic E-state index is 6.24. The van der Waals surface area contributed by atoms with Crippen molar-refractivity contribution >= 4 is 15.9 Å². The Balaban J connectivity index is 2.15. The molecule has 0 spiro atoms. The fourth-order valence-electron chi connectivity index (χ4n) is 2.49. The highest BCUT2D eigenvalue weighted by Crippen LogP contribution is 2.29.